The summed E-state index contributed by atoms with van der Waals surface area (Å²) < 4.78 is 32.8. The van der Waals surface area contributed by atoms with Crippen molar-refractivity contribution in [2.24, 2.45) is 0 Å². The molecule has 1 aromatic carbocycles. The topological polar surface area (TPSA) is 38.3 Å². The van der Waals surface area contributed by atoms with E-state index in [-0.39, 0.29) is 6.54 Å². The van der Waals surface area contributed by atoms with Gasteiger partial charge in [-0.05, 0) is 24.3 Å². The first-order valence-corrected chi connectivity index (χ1v) is 7.22. The zero-order valence-corrected chi connectivity index (χ0v) is 12.6. The number of amides is 1. The molecule has 0 saturated carbocycles. The summed E-state index contributed by atoms with van der Waals surface area (Å²) in [6, 6.07) is 6.76. The standard InChI is InChI=1S/C14H12ClF2NO2S/c1-20-10(11-5-6-12(15)21-11)7-18-14(19)13-8(16)3-2-4-9(13)17/h2-6,10H,7H2,1H3,(H,18,19)/t10-/m0/s1. The Labute approximate surface area is 129 Å². The highest BCUT2D eigenvalue weighted by Gasteiger charge is 2.19. The van der Waals surface area contributed by atoms with E-state index in [1.165, 1.54) is 24.5 Å². The number of benzene rings is 1. The second-order valence-electron chi connectivity index (χ2n) is 4.17. The lowest BCUT2D eigenvalue weighted by Gasteiger charge is -2.15. The first-order valence-electron chi connectivity index (χ1n) is 6.03. The van der Waals surface area contributed by atoms with E-state index in [4.69, 9.17) is 16.3 Å². The van der Waals surface area contributed by atoms with Crippen LogP contribution in [0.1, 0.15) is 21.3 Å². The number of hydrogen-bond acceptors (Lipinski definition) is 3. The Morgan fingerprint density at radius 3 is 2.52 bits per heavy atom. The molecular formula is C14H12ClF2NO2S. The van der Waals surface area contributed by atoms with Crippen molar-refractivity contribution in [2.75, 3.05) is 13.7 Å². The van der Waals surface area contributed by atoms with Crippen molar-refractivity contribution in [2.45, 2.75) is 6.10 Å². The highest BCUT2D eigenvalue weighted by molar-refractivity contribution is 7.16. The van der Waals surface area contributed by atoms with Crippen LogP contribution in [0.3, 0.4) is 0 Å². The molecule has 7 heteroatoms. The molecule has 2 rings (SSSR count). The van der Waals surface area contributed by atoms with E-state index in [2.05, 4.69) is 5.32 Å². The molecule has 0 spiro atoms. The predicted octanol–water partition coefficient (Wildman–Crippen LogP) is 3.80. The Balaban J connectivity index is 2.06. The SMILES string of the molecule is CO[C@@H](CNC(=O)c1c(F)cccc1F)c1ccc(Cl)s1. The van der Waals surface area contributed by atoms with E-state index >= 15 is 0 Å². The third kappa shape index (κ3) is 3.78. The second-order valence-corrected chi connectivity index (χ2v) is 5.92. The number of ether oxygens (including phenoxy) is 1. The summed E-state index contributed by atoms with van der Waals surface area (Å²) >= 11 is 7.15. The number of hydrogen-bond donors (Lipinski definition) is 1. The van der Waals surface area contributed by atoms with Crippen LogP contribution < -0.4 is 5.32 Å². The van der Waals surface area contributed by atoms with Gasteiger partial charge in [-0.1, -0.05) is 17.7 Å². The van der Waals surface area contributed by atoms with Crippen LogP contribution in [-0.4, -0.2) is 19.6 Å². The lowest BCUT2D eigenvalue weighted by molar-refractivity contribution is 0.0831. The Morgan fingerprint density at radius 2 is 2.00 bits per heavy atom. The smallest absolute Gasteiger partial charge is 0.257 e. The van der Waals surface area contributed by atoms with Crippen LogP contribution in [0, 0.1) is 11.6 Å². The van der Waals surface area contributed by atoms with E-state index in [1.54, 1.807) is 12.1 Å². The predicted molar refractivity (Wildman–Crippen MR) is 77.8 cm³/mol. The van der Waals surface area contributed by atoms with E-state index < -0.39 is 29.2 Å². The summed E-state index contributed by atoms with van der Waals surface area (Å²) in [4.78, 5) is 12.7. The van der Waals surface area contributed by atoms with Gasteiger partial charge in [0.25, 0.3) is 5.91 Å². The summed E-state index contributed by atoms with van der Waals surface area (Å²) in [7, 11) is 1.48. The first kappa shape index (κ1) is 15.9. The van der Waals surface area contributed by atoms with Gasteiger partial charge in [0.1, 0.15) is 23.3 Å². The molecule has 1 N–H and O–H groups in total. The number of rotatable bonds is 5. The molecule has 1 amide bonds. The number of carbonyl (C=O) groups is 1. The van der Waals surface area contributed by atoms with Crippen LogP contribution in [-0.2, 0) is 4.74 Å². The van der Waals surface area contributed by atoms with Crippen molar-refractivity contribution in [3.05, 3.63) is 56.7 Å². The zero-order chi connectivity index (χ0) is 15.4. The van der Waals surface area contributed by atoms with Crippen LogP contribution in [0.15, 0.2) is 30.3 Å². The Morgan fingerprint density at radius 1 is 1.33 bits per heavy atom. The minimum atomic E-state index is -0.902. The molecule has 21 heavy (non-hydrogen) atoms. The summed E-state index contributed by atoms with van der Waals surface area (Å²) in [6.45, 7) is 0.0833. The quantitative estimate of drug-likeness (QED) is 0.905. The van der Waals surface area contributed by atoms with Gasteiger partial charge in [-0.2, -0.15) is 0 Å². The van der Waals surface area contributed by atoms with Crippen LogP contribution in [0.5, 0.6) is 0 Å². The van der Waals surface area contributed by atoms with Gasteiger partial charge >= 0.3 is 0 Å². The van der Waals surface area contributed by atoms with Gasteiger partial charge < -0.3 is 10.1 Å². The fourth-order valence-electron chi connectivity index (χ4n) is 1.79. The van der Waals surface area contributed by atoms with Crippen molar-refractivity contribution in [1.82, 2.24) is 5.32 Å². The van der Waals surface area contributed by atoms with Crippen LogP contribution in [0.25, 0.3) is 0 Å². The van der Waals surface area contributed by atoms with E-state index in [1.807, 2.05) is 0 Å². The zero-order valence-electron chi connectivity index (χ0n) is 11.0. The van der Waals surface area contributed by atoms with Gasteiger partial charge in [0.2, 0.25) is 0 Å². The maximum Gasteiger partial charge on any atom is 0.257 e. The Kier molecular flexibility index (Phi) is 5.27. The van der Waals surface area contributed by atoms with E-state index in [0.717, 1.165) is 17.0 Å². The van der Waals surface area contributed by atoms with Crippen LogP contribution >= 0.6 is 22.9 Å². The molecule has 0 aliphatic carbocycles. The molecule has 1 heterocycles. The highest BCUT2D eigenvalue weighted by atomic mass is 35.5. The van der Waals surface area contributed by atoms with Gasteiger partial charge in [0.15, 0.2) is 0 Å². The third-order valence-corrected chi connectivity index (χ3v) is 4.16. The monoisotopic (exact) mass is 331 g/mol. The van der Waals surface area contributed by atoms with Gasteiger partial charge in [0, 0.05) is 18.5 Å². The molecule has 0 radical (unpaired) electrons. The lowest BCUT2D eigenvalue weighted by atomic mass is 10.2. The average Bonchev–Trinajstić information content (AvgIpc) is 2.86. The maximum atomic E-state index is 13.5. The third-order valence-electron chi connectivity index (χ3n) is 2.83. The fourth-order valence-corrected chi connectivity index (χ4v) is 2.93. The summed E-state index contributed by atoms with van der Waals surface area (Å²) in [5.41, 5.74) is -0.600. The Bertz CT molecular complexity index is 627. The number of halogens is 3. The van der Waals surface area contributed by atoms with E-state index in [0.29, 0.717) is 4.34 Å². The molecule has 0 saturated heterocycles. The van der Waals surface area contributed by atoms with Crippen LogP contribution in [0.4, 0.5) is 8.78 Å². The van der Waals surface area contributed by atoms with Gasteiger partial charge in [-0.25, -0.2) is 8.78 Å². The molecule has 3 nitrogen and oxygen atoms in total. The van der Waals surface area contributed by atoms with Crippen molar-refractivity contribution in [3.63, 3.8) is 0 Å². The van der Waals surface area contributed by atoms with Crippen LogP contribution in [0.2, 0.25) is 4.34 Å². The van der Waals surface area contributed by atoms with Gasteiger partial charge in [-0.3, -0.25) is 4.79 Å². The molecule has 0 unspecified atom stereocenters. The molecule has 1 atom stereocenters. The van der Waals surface area contributed by atoms with Crippen molar-refractivity contribution < 1.29 is 18.3 Å². The first-order chi connectivity index (χ1) is 10.0. The summed E-state index contributed by atoms with van der Waals surface area (Å²) in [5.74, 6) is -2.63. The number of nitrogens with one attached hydrogen (secondary N) is 1. The second kappa shape index (κ2) is 6.98. The highest BCUT2D eigenvalue weighted by Crippen LogP contribution is 2.28. The van der Waals surface area contributed by atoms with E-state index in [9.17, 15) is 13.6 Å². The van der Waals surface area contributed by atoms with Gasteiger partial charge in [0.05, 0.1) is 4.34 Å². The fraction of sp³-hybridized carbons (Fsp3) is 0.214. The largest absolute Gasteiger partial charge is 0.374 e. The maximum absolute atomic E-state index is 13.5. The molecule has 1 aromatic heterocycles. The normalized spacial score (nSPS) is 12.2. The molecule has 0 aliphatic rings. The molecule has 112 valence electrons. The minimum absolute atomic E-state index is 0.0833. The molecule has 2 aromatic rings. The summed E-state index contributed by atoms with van der Waals surface area (Å²) in [5, 5.41) is 2.46. The number of methoxy groups -OCH3 is 1. The van der Waals surface area contributed by atoms with Gasteiger partial charge in [-0.15, -0.1) is 11.3 Å². The molecule has 0 bridgehead atoms. The molecule has 0 aliphatic heterocycles. The molecule has 0 fully saturated rings. The van der Waals surface area contributed by atoms with Crippen molar-refractivity contribution >= 4 is 28.8 Å². The van der Waals surface area contributed by atoms with Crippen molar-refractivity contribution in [3.8, 4) is 0 Å². The molecular weight excluding hydrogens is 320 g/mol. The number of thiophene rings is 1. The van der Waals surface area contributed by atoms with Crippen molar-refractivity contribution in [1.29, 1.82) is 0 Å². The number of carbonyl (C=O) groups excluding carboxylic acids is 1. The average molecular weight is 332 g/mol. The Hall–Kier alpha value is -1.50. The summed E-state index contributed by atoms with van der Waals surface area (Å²) in [6.07, 6.45) is -0.429. The minimum Gasteiger partial charge on any atom is -0.374 e. The lowest BCUT2D eigenvalue weighted by Crippen LogP contribution is -2.30.